The summed E-state index contributed by atoms with van der Waals surface area (Å²) in [5.41, 5.74) is -0.915. The monoisotopic (exact) mass is 643 g/mol. The van der Waals surface area contributed by atoms with Crippen molar-refractivity contribution < 1.29 is 27.6 Å². The van der Waals surface area contributed by atoms with Crippen LogP contribution in [0.3, 0.4) is 0 Å². The standard InChI is InChI=1S/C29H29ClF3N9O3/c1-3-6-41-16-21(24(37-41)29(31,32)33)23-14-35-25(38(23)2)26(43)36-17-4-5-20(22(30)12-17)27(44)39-7-9-40(10-8-39)28(45)42-15-18-11-19(42)13-34-18/h1,4-5,12,14,16,18-19,34H,6-11,13,15H2,2H3,(H,36,43)/t18-,19-/m0/s1. The highest BCUT2D eigenvalue weighted by molar-refractivity contribution is 6.34. The minimum atomic E-state index is -4.76. The van der Waals surface area contributed by atoms with Gasteiger partial charge in [0.2, 0.25) is 0 Å². The first kappa shape index (κ1) is 30.5. The number of nitrogens with zero attached hydrogens (tertiary/aromatic N) is 7. The van der Waals surface area contributed by atoms with Gasteiger partial charge in [-0.1, -0.05) is 17.5 Å². The molecule has 3 saturated heterocycles. The van der Waals surface area contributed by atoms with Crippen LogP contribution < -0.4 is 10.6 Å². The Morgan fingerprint density at radius 1 is 1.18 bits per heavy atom. The average Bonchev–Trinajstić information content (AvgIpc) is 3.81. The highest BCUT2D eigenvalue weighted by atomic mass is 35.5. The third kappa shape index (κ3) is 5.83. The molecule has 1 aromatic carbocycles. The lowest BCUT2D eigenvalue weighted by Crippen LogP contribution is -2.57. The molecule has 236 valence electrons. The highest BCUT2D eigenvalue weighted by Gasteiger charge is 2.42. The predicted molar refractivity (Wildman–Crippen MR) is 157 cm³/mol. The van der Waals surface area contributed by atoms with Crippen LogP contribution in [0.2, 0.25) is 5.02 Å². The van der Waals surface area contributed by atoms with E-state index >= 15 is 0 Å². The number of likely N-dealkylation sites (tertiary alicyclic amines) is 1. The summed E-state index contributed by atoms with van der Waals surface area (Å²) in [6.07, 6.45) is 3.75. The van der Waals surface area contributed by atoms with E-state index in [1.807, 2.05) is 4.90 Å². The van der Waals surface area contributed by atoms with Crippen molar-refractivity contribution in [1.82, 2.24) is 39.3 Å². The number of fused-ring (bicyclic) bond motifs is 2. The molecule has 0 aliphatic carbocycles. The van der Waals surface area contributed by atoms with E-state index in [-0.39, 0.29) is 57.9 Å². The van der Waals surface area contributed by atoms with Gasteiger partial charge in [0.25, 0.3) is 11.8 Å². The number of carbonyl (C=O) groups excluding carboxylic acids is 3. The number of alkyl halides is 3. The summed E-state index contributed by atoms with van der Waals surface area (Å²) >= 11 is 6.45. The molecule has 0 spiro atoms. The number of carbonyl (C=O) groups is 3. The number of piperazine rings is 2. The Kier molecular flexibility index (Phi) is 7.96. The SMILES string of the molecule is C#CCn1cc(-c2cnc(C(=O)Nc3ccc(C(=O)N4CCN(C(=O)N5C[C@@H]6C[C@H]5CN6)CC4)c(Cl)c3)n2C)c(C(F)(F)F)n1. The maximum atomic E-state index is 13.7. The summed E-state index contributed by atoms with van der Waals surface area (Å²) in [5.74, 6) is 1.08. The normalized spacial score (nSPS) is 19.6. The van der Waals surface area contributed by atoms with E-state index in [0.29, 0.717) is 38.8 Å². The molecule has 2 bridgehead atoms. The zero-order valence-electron chi connectivity index (χ0n) is 24.1. The molecular formula is C29H29ClF3N9O3. The van der Waals surface area contributed by atoms with Crippen molar-refractivity contribution in [3.8, 4) is 23.6 Å². The van der Waals surface area contributed by atoms with Gasteiger partial charge in [0.1, 0.15) is 6.54 Å². The molecule has 12 nitrogen and oxygen atoms in total. The van der Waals surface area contributed by atoms with Crippen molar-refractivity contribution in [2.75, 3.05) is 44.6 Å². The zero-order chi connectivity index (χ0) is 32.0. The quantitative estimate of drug-likeness (QED) is 0.413. The van der Waals surface area contributed by atoms with Gasteiger partial charge in [-0.05, 0) is 24.6 Å². The minimum Gasteiger partial charge on any atom is -0.335 e. The van der Waals surface area contributed by atoms with E-state index in [1.165, 1.54) is 29.8 Å². The van der Waals surface area contributed by atoms with Crippen LogP contribution in [0, 0.1) is 12.3 Å². The number of terminal acetylenes is 1. The molecule has 3 aliphatic heterocycles. The largest absolute Gasteiger partial charge is 0.435 e. The van der Waals surface area contributed by atoms with E-state index in [0.717, 1.165) is 30.0 Å². The number of anilines is 1. The Hall–Kier alpha value is -4.55. The number of aromatic nitrogens is 4. The van der Waals surface area contributed by atoms with Crippen LogP contribution >= 0.6 is 11.6 Å². The first-order valence-corrected chi connectivity index (χ1v) is 14.6. The fraction of sp³-hybridized carbons (Fsp3) is 0.414. The second kappa shape index (κ2) is 11.8. The molecule has 3 fully saturated rings. The van der Waals surface area contributed by atoms with Gasteiger partial charge in [0, 0.05) is 70.3 Å². The Bertz CT molecular complexity index is 1700. The number of benzene rings is 1. The summed E-state index contributed by atoms with van der Waals surface area (Å²) in [7, 11) is 1.41. The van der Waals surface area contributed by atoms with Gasteiger partial charge >= 0.3 is 12.2 Å². The number of urea groups is 1. The van der Waals surface area contributed by atoms with Crippen LogP contribution in [0.15, 0.2) is 30.6 Å². The predicted octanol–water partition coefficient (Wildman–Crippen LogP) is 2.77. The van der Waals surface area contributed by atoms with Crippen LogP contribution in [0.4, 0.5) is 23.7 Å². The van der Waals surface area contributed by atoms with Crippen LogP contribution in [-0.2, 0) is 19.8 Å². The van der Waals surface area contributed by atoms with Gasteiger partial charge in [-0.3, -0.25) is 14.3 Å². The van der Waals surface area contributed by atoms with Gasteiger partial charge in [0.15, 0.2) is 11.5 Å². The summed E-state index contributed by atoms with van der Waals surface area (Å²) in [6, 6.07) is 5.01. The van der Waals surface area contributed by atoms with E-state index in [1.54, 1.807) is 9.80 Å². The summed E-state index contributed by atoms with van der Waals surface area (Å²) in [6.45, 7) is 2.91. The first-order valence-electron chi connectivity index (χ1n) is 14.2. The van der Waals surface area contributed by atoms with E-state index < -0.39 is 17.8 Å². The Morgan fingerprint density at radius 3 is 2.53 bits per heavy atom. The number of hydrogen-bond acceptors (Lipinski definition) is 6. The number of rotatable bonds is 5. The van der Waals surface area contributed by atoms with Gasteiger partial charge < -0.3 is 29.9 Å². The summed E-state index contributed by atoms with van der Waals surface area (Å²) in [4.78, 5) is 48.7. The number of amides is 4. The van der Waals surface area contributed by atoms with Gasteiger partial charge in [0.05, 0.1) is 28.0 Å². The Balaban J connectivity index is 1.10. The van der Waals surface area contributed by atoms with E-state index in [9.17, 15) is 27.6 Å². The number of halogens is 4. The third-order valence-corrected chi connectivity index (χ3v) is 8.66. The zero-order valence-corrected chi connectivity index (χ0v) is 24.9. The van der Waals surface area contributed by atoms with Crippen molar-refractivity contribution in [2.24, 2.45) is 7.05 Å². The lowest BCUT2D eigenvalue weighted by molar-refractivity contribution is -0.141. The number of hydrogen-bond donors (Lipinski definition) is 2. The van der Waals surface area contributed by atoms with Gasteiger partial charge in [-0.25, -0.2) is 9.78 Å². The maximum absolute atomic E-state index is 13.7. The van der Waals surface area contributed by atoms with Crippen molar-refractivity contribution in [3.05, 3.63) is 52.7 Å². The van der Waals surface area contributed by atoms with Gasteiger partial charge in [-0.2, -0.15) is 18.3 Å². The number of imidazole rings is 1. The van der Waals surface area contributed by atoms with E-state index in [4.69, 9.17) is 18.0 Å². The Labute approximate surface area is 261 Å². The topological polar surface area (TPSA) is 121 Å². The first-order chi connectivity index (χ1) is 21.4. The average molecular weight is 644 g/mol. The second-order valence-electron chi connectivity index (χ2n) is 11.2. The highest BCUT2D eigenvalue weighted by Crippen LogP contribution is 2.36. The van der Waals surface area contributed by atoms with Crippen LogP contribution in [0.25, 0.3) is 11.3 Å². The second-order valence-corrected chi connectivity index (χ2v) is 11.6. The molecule has 16 heteroatoms. The molecule has 45 heavy (non-hydrogen) atoms. The molecule has 0 radical (unpaired) electrons. The van der Waals surface area contributed by atoms with Crippen molar-refractivity contribution in [2.45, 2.75) is 31.2 Å². The molecule has 5 heterocycles. The molecule has 0 unspecified atom stereocenters. The molecule has 2 atom stereocenters. The van der Waals surface area contributed by atoms with Gasteiger partial charge in [-0.15, -0.1) is 6.42 Å². The molecular weight excluding hydrogens is 615 g/mol. The maximum Gasteiger partial charge on any atom is 0.435 e. The lowest BCUT2D eigenvalue weighted by Gasteiger charge is -2.38. The Morgan fingerprint density at radius 2 is 1.91 bits per heavy atom. The smallest absolute Gasteiger partial charge is 0.335 e. The molecule has 4 amide bonds. The van der Waals surface area contributed by atoms with E-state index in [2.05, 4.69) is 26.6 Å². The third-order valence-electron chi connectivity index (χ3n) is 8.35. The fourth-order valence-corrected chi connectivity index (χ4v) is 6.33. The van der Waals surface area contributed by atoms with Crippen molar-refractivity contribution >= 4 is 35.1 Å². The van der Waals surface area contributed by atoms with Crippen LogP contribution in [0.1, 0.15) is 33.1 Å². The fourth-order valence-electron chi connectivity index (χ4n) is 6.06. The van der Waals surface area contributed by atoms with Crippen LogP contribution in [-0.4, -0.2) is 103 Å². The minimum absolute atomic E-state index is 0.00816. The lowest BCUT2D eigenvalue weighted by atomic mass is 10.1. The molecule has 2 N–H and O–H groups in total. The summed E-state index contributed by atoms with van der Waals surface area (Å²) in [5, 5.41) is 9.66. The molecule has 3 aromatic rings. The number of nitrogens with one attached hydrogen (secondary N) is 2. The molecule has 3 aliphatic rings. The van der Waals surface area contributed by atoms with Crippen molar-refractivity contribution in [1.29, 1.82) is 0 Å². The van der Waals surface area contributed by atoms with Crippen molar-refractivity contribution in [3.63, 3.8) is 0 Å². The molecule has 2 aromatic heterocycles. The molecule has 0 saturated carbocycles. The molecule has 6 rings (SSSR count). The summed E-state index contributed by atoms with van der Waals surface area (Å²) < 4.78 is 43.2. The van der Waals surface area contributed by atoms with Crippen LogP contribution in [0.5, 0.6) is 0 Å².